The lowest BCUT2D eigenvalue weighted by molar-refractivity contribution is -0.384. The fraction of sp³-hybridized carbons (Fsp3) is 0.500. The molecule has 2 N–H and O–H groups in total. The molecule has 1 fully saturated rings. The van der Waals surface area contributed by atoms with E-state index in [4.69, 9.17) is 17.3 Å². The minimum atomic E-state index is -3.78. The second kappa shape index (κ2) is 5.88. The normalized spacial score (nSPS) is 23.4. The first-order chi connectivity index (χ1) is 9.77. The number of nitrogens with zero attached hydrogens (tertiary/aromatic N) is 2. The Bertz CT molecular complexity index is 664. The highest BCUT2D eigenvalue weighted by Crippen LogP contribution is 2.33. The average molecular weight is 334 g/mol. The number of benzene rings is 1. The van der Waals surface area contributed by atoms with Gasteiger partial charge in [-0.1, -0.05) is 11.6 Å². The van der Waals surface area contributed by atoms with Crippen LogP contribution in [0, 0.1) is 16.0 Å². The van der Waals surface area contributed by atoms with Crippen LogP contribution >= 0.6 is 11.6 Å². The van der Waals surface area contributed by atoms with Crippen LogP contribution in [0.4, 0.5) is 5.69 Å². The van der Waals surface area contributed by atoms with Gasteiger partial charge in [-0.25, -0.2) is 8.42 Å². The zero-order chi connectivity index (χ0) is 15.8. The number of hydrogen-bond acceptors (Lipinski definition) is 5. The van der Waals surface area contributed by atoms with Crippen molar-refractivity contribution in [3.8, 4) is 0 Å². The SMILES string of the molecule is CC1CC(CN)CN1S(=O)(=O)c1ccc([N+](=O)[O-])cc1Cl. The number of nitrogens with two attached hydrogens (primary N) is 1. The van der Waals surface area contributed by atoms with Gasteiger partial charge in [0.2, 0.25) is 10.0 Å². The van der Waals surface area contributed by atoms with Crippen LogP contribution in [-0.2, 0) is 10.0 Å². The number of nitro benzene ring substituents is 1. The molecule has 1 aromatic rings. The quantitative estimate of drug-likeness (QED) is 0.665. The minimum absolute atomic E-state index is 0.112. The Hall–Kier alpha value is -1.22. The van der Waals surface area contributed by atoms with Crippen LogP contribution in [0.5, 0.6) is 0 Å². The molecular weight excluding hydrogens is 318 g/mol. The molecule has 116 valence electrons. The lowest BCUT2D eigenvalue weighted by atomic mass is 10.1. The molecule has 0 aromatic heterocycles. The first kappa shape index (κ1) is 16.2. The molecule has 7 nitrogen and oxygen atoms in total. The zero-order valence-electron chi connectivity index (χ0n) is 11.4. The predicted octanol–water partition coefficient (Wildman–Crippen LogP) is 1.61. The summed E-state index contributed by atoms with van der Waals surface area (Å²) < 4.78 is 26.6. The first-order valence-electron chi connectivity index (χ1n) is 6.43. The van der Waals surface area contributed by atoms with Crippen molar-refractivity contribution < 1.29 is 13.3 Å². The Morgan fingerprint density at radius 3 is 2.67 bits per heavy atom. The van der Waals surface area contributed by atoms with Crippen molar-refractivity contribution in [2.75, 3.05) is 13.1 Å². The molecule has 1 aromatic carbocycles. The molecular formula is C12H16ClN3O4S. The van der Waals surface area contributed by atoms with Crippen molar-refractivity contribution in [2.24, 2.45) is 11.7 Å². The summed E-state index contributed by atoms with van der Waals surface area (Å²) in [6.45, 7) is 2.57. The van der Waals surface area contributed by atoms with Crippen LogP contribution in [-0.4, -0.2) is 36.8 Å². The Balaban J connectivity index is 2.38. The largest absolute Gasteiger partial charge is 0.330 e. The number of sulfonamides is 1. The maximum absolute atomic E-state index is 12.6. The summed E-state index contributed by atoms with van der Waals surface area (Å²) in [4.78, 5) is 9.95. The van der Waals surface area contributed by atoms with Gasteiger partial charge in [-0.2, -0.15) is 4.31 Å². The van der Waals surface area contributed by atoms with E-state index in [9.17, 15) is 18.5 Å². The summed E-state index contributed by atoms with van der Waals surface area (Å²) in [6, 6.07) is 3.20. The number of halogens is 1. The number of nitro groups is 1. The van der Waals surface area contributed by atoms with Gasteiger partial charge in [0.1, 0.15) is 4.90 Å². The molecule has 0 spiro atoms. The molecule has 9 heteroatoms. The van der Waals surface area contributed by atoms with E-state index in [0.717, 1.165) is 12.1 Å². The van der Waals surface area contributed by atoms with E-state index in [1.54, 1.807) is 0 Å². The van der Waals surface area contributed by atoms with E-state index in [1.807, 2.05) is 6.92 Å². The van der Waals surface area contributed by atoms with E-state index >= 15 is 0 Å². The number of hydrogen-bond donors (Lipinski definition) is 1. The lowest BCUT2D eigenvalue weighted by Crippen LogP contribution is -2.34. The minimum Gasteiger partial charge on any atom is -0.330 e. The molecule has 0 aliphatic carbocycles. The van der Waals surface area contributed by atoms with Crippen LogP contribution in [0.3, 0.4) is 0 Å². The van der Waals surface area contributed by atoms with Crippen molar-refractivity contribution in [3.05, 3.63) is 33.3 Å². The monoisotopic (exact) mass is 333 g/mol. The Morgan fingerprint density at radius 1 is 1.52 bits per heavy atom. The average Bonchev–Trinajstić information content (AvgIpc) is 2.80. The van der Waals surface area contributed by atoms with Crippen molar-refractivity contribution >= 4 is 27.3 Å². The van der Waals surface area contributed by atoms with Crippen molar-refractivity contribution in [1.82, 2.24) is 4.31 Å². The maximum Gasteiger partial charge on any atom is 0.271 e. The smallest absolute Gasteiger partial charge is 0.271 e. The molecule has 1 saturated heterocycles. The van der Waals surface area contributed by atoms with Crippen LogP contribution in [0.25, 0.3) is 0 Å². The van der Waals surface area contributed by atoms with Crippen LogP contribution in [0.15, 0.2) is 23.1 Å². The third-order valence-corrected chi connectivity index (χ3v) is 6.11. The molecule has 0 radical (unpaired) electrons. The highest BCUT2D eigenvalue weighted by Gasteiger charge is 2.38. The van der Waals surface area contributed by atoms with Gasteiger partial charge in [0.05, 0.1) is 9.95 Å². The fourth-order valence-electron chi connectivity index (χ4n) is 2.55. The third kappa shape index (κ3) is 3.03. The molecule has 21 heavy (non-hydrogen) atoms. The summed E-state index contributed by atoms with van der Waals surface area (Å²) in [5.74, 6) is 0.117. The Morgan fingerprint density at radius 2 is 2.19 bits per heavy atom. The topological polar surface area (TPSA) is 107 Å². The molecule has 2 unspecified atom stereocenters. The molecule has 1 aliphatic heterocycles. The van der Waals surface area contributed by atoms with Gasteiger partial charge < -0.3 is 5.73 Å². The molecule has 1 heterocycles. The molecule has 1 aliphatic rings. The number of non-ortho nitro benzene ring substituents is 1. The zero-order valence-corrected chi connectivity index (χ0v) is 13.0. The first-order valence-corrected chi connectivity index (χ1v) is 8.25. The van der Waals surface area contributed by atoms with Crippen molar-refractivity contribution in [3.63, 3.8) is 0 Å². The fourth-order valence-corrected chi connectivity index (χ4v) is 4.79. The van der Waals surface area contributed by atoms with Gasteiger partial charge in [0, 0.05) is 24.7 Å². The van der Waals surface area contributed by atoms with Gasteiger partial charge >= 0.3 is 0 Å². The third-order valence-electron chi connectivity index (χ3n) is 3.65. The van der Waals surface area contributed by atoms with E-state index in [2.05, 4.69) is 0 Å². The molecule has 0 saturated carbocycles. The summed E-state index contributed by atoms with van der Waals surface area (Å²) in [6.07, 6.45) is 0.695. The highest BCUT2D eigenvalue weighted by atomic mass is 35.5. The van der Waals surface area contributed by atoms with E-state index in [-0.39, 0.29) is 27.6 Å². The highest BCUT2D eigenvalue weighted by molar-refractivity contribution is 7.89. The standard InChI is InChI=1S/C12H16ClN3O4S/c1-8-4-9(6-14)7-15(8)21(19,20)12-3-2-10(16(17)18)5-11(12)13/h2-3,5,8-9H,4,6-7,14H2,1H3. The summed E-state index contributed by atoms with van der Waals surface area (Å²) in [5, 5.41) is 10.5. The lowest BCUT2D eigenvalue weighted by Gasteiger charge is -2.21. The summed E-state index contributed by atoms with van der Waals surface area (Å²) in [5.41, 5.74) is 5.36. The van der Waals surface area contributed by atoms with E-state index in [1.165, 1.54) is 10.4 Å². The summed E-state index contributed by atoms with van der Waals surface area (Å²) in [7, 11) is -3.78. The predicted molar refractivity (Wildman–Crippen MR) is 78.6 cm³/mol. The Kier molecular flexibility index (Phi) is 4.52. The van der Waals surface area contributed by atoms with Crippen molar-refractivity contribution in [1.29, 1.82) is 0 Å². The summed E-state index contributed by atoms with van der Waals surface area (Å²) >= 11 is 5.92. The van der Waals surface area contributed by atoms with Gasteiger partial charge in [0.25, 0.3) is 5.69 Å². The van der Waals surface area contributed by atoms with Crippen LogP contribution < -0.4 is 5.73 Å². The molecule has 0 amide bonds. The van der Waals surface area contributed by atoms with Gasteiger partial charge in [-0.05, 0) is 31.9 Å². The maximum atomic E-state index is 12.6. The molecule has 0 bridgehead atoms. The second-order valence-electron chi connectivity index (χ2n) is 5.13. The van der Waals surface area contributed by atoms with Crippen LogP contribution in [0.1, 0.15) is 13.3 Å². The van der Waals surface area contributed by atoms with Gasteiger partial charge in [-0.15, -0.1) is 0 Å². The molecule has 2 atom stereocenters. The van der Waals surface area contributed by atoms with Gasteiger partial charge in [0.15, 0.2) is 0 Å². The molecule has 2 rings (SSSR count). The second-order valence-corrected chi connectivity index (χ2v) is 7.40. The number of rotatable bonds is 4. The van der Waals surface area contributed by atoms with E-state index < -0.39 is 14.9 Å². The van der Waals surface area contributed by atoms with E-state index in [0.29, 0.717) is 19.5 Å². The van der Waals surface area contributed by atoms with Gasteiger partial charge in [-0.3, -0.25) is 10.1 Å². The van der Waals surface area contributed by atoms with Crippen molar-refractivity contribution in [2.45, 2.75) is 24.3 Å². The Labute approximate surface area is 127 Å². The van der Waals surface area contributed by atoms with Crippen LogP contribution in [0.2, 0.25) is 5.02 Å².